The van der Waals surface area contributed by atoms with Crippen molar-refractivity contribution in [2.75, 3.05) is 0 Å². The first-order chi connectivity index (χ1) is 0. The first-order valence-corrected chi connectivity index (χ1v) is 0. The van der Waals surface area contributed by atoms with Crippen molar-refractivity contribution < 1.29 is 28.3 Å². The fraction of sp³-hybridized carbons (Fsp3) is 0. The van der Waals surface area contributed by atoms with Gasteiger partial charge in [0.25, 0.3) is 0 Å². The van der Waals surface area contributed by atoms with Crippen molar-refractivity contribution in [2.45, 2.75) is 0 Å². The third kappa shape index (κ3) is 17.9. The van der Waals surface area contributed by atoms with Gasteiger partial charge in [0.05, 0.1) is 0 Å². The maximum absolute atomic E-state index is 0. The summed E-state index contributed by atoms with van der Waals surface area (Å²) in [5.41, 5.74) is 0. The fourth-order valence-corrected chi connectivity index (χ4v) is 0. The van der Waals surface area contributed by atoms with Crippen LogP contribution in [0.2, 0.25) is 0 Å². The molecule has 30 valence electrons. The van der Waals surface area contributed by atoms with Gasteiger partial charge in [-0.05, 0) is 0 Å². The van der Waals surface area contributed by atoms with Crippen LogP contribution in [0.5, 0.6) is 0 Å². The van der Waals surface area contributed by atoms with Crippen molar-refractivity contribution in [1.29, 1.82) is 0 Å². The van der Waals surface area contributed by atoms with Crippen LogP contribution in [0.4, 0.5) is 0 Å². The van der Waals surface area contributed by atoms with Crippen LogP contribution in [0.15, 0.2) is 0 Å². The molecular weight excluding hydrogens is 466 g/mol. The van der Waals surface area contributed by atoms with Crippen molar-refractivity contribution >= 4 is 113 Å². The summed E-state index contributed by atoms with van der Waals surface area (Å²) in [7, 11) is 0. The zero-order valence-electron chi connectivity index (χ0n) is 6.57. The van der Waals surface area contributed by atoms with Gasteiger partial charge < -0.3 is 11.2 Å². The average molecular weight is 470 g/mol. The molecule has 0 aromatic rings. The predicted octanol–water partition coefficient (Wildman–Crippen LogP) is -0.814. The molecular formula is H4BaBiCaCuO. The Bertz CT molecular complexity index is 20.5. The molecule has 4 radical (unpaired) electrons. The number of hydrogen-bond acceptors (Lipinski definition) is 0. The van der Waals surface area contributed by atoms with E-state index in [1.807, 2.05) is 0 Å². The van der Waals surface area contributed by atoms with Gasteiger partial charge in [-0.25, -0.2) is 0 Å². The molecule has 0 fully saturated rings. The van der Waals surface area contributed by atoms with Crippen LogP contribution in [0, 0.1) is 0 Å². The van der Waals surface area contributed by atoms with E-state index in [0.717, 1.165) is 0 Å². The van der Waals surface area contributed by atoms with E-state index in [9.17, 15) is 0 Å². The van der Waals surface area contributed by atoms with E-state index in [1.165, 1.54) is 0 Å². The molecule has 0 saturated heterocycles. The molecule has 0 aromatic heterocycles. The Hall–Kier alpha value is 4.19. The van der Waals surface area contributed by atoms with Crippen molar-refractivity contribution in [3.8, 4) is 0 Å². The molecule has 5 heavy (non-hydrogen) atoms. The Morgan fingerprint density at radius 3 is 1.20 bits per heavy atom. The maximum atomic E-state index is 0. The molecule has 0 bridgehead atoms. The quantitative estimate of drug-likeness (QED) is 0.415. The fourth-order valence-electron chi connectivity index (χ4n) is 0. The molecule has 0 N–H and O–H groups in total. The van der Waals surface area contributed by atoms with Crippen LogP contribution in [-0.2, 0) is 22.5 Å². The third-order valence-corrected chi connectivity index (χ3v) is 0. The largest absolute Gasteiger partial charge is 2.00 e. The van der Waals surface area contributed by atoms with Gasteiger partial charge in [0.15, 0.2) is 0 Å². The zero-order valence-corrected chi connectivity index (χ0v) is 13.6. The molecule has 0 aromatic carbocycles. The summed E-state index contributed by atoms with van der Waals surface area (Å²) in [6, 6.07) is 0. The Morgan fingerprint density at radius 1 is 1.20 bits per heavy atom. The van der Waals surface area contributed by atoms with Crippen LogP contribution < -0.4 is 0 Å². The SMILES string of the molecule is [Ba+2].[Bi].[Ca+2].[Cu+2].[H-].[H-].[H-].[H-].[O-2]. The summed E-state index contributed by atoms with van der Waals surface area (Å²) in [5, 5.41) is 0. The van der Waals surface area contributed by atoms with Gasteiger partial charge in [0, 0.05) is 26.2 Å². The van der Waals surface area contributed by atoms with E-state index in [-0.39, 0.29) is 141 Å². The monoisotopic (exact) mass is 470 g/mol. The van der Waals surface area contributed by atoms with Gasteiger partial charge in [-0.15, -0.1) is 0 Å². The van der Waals surface area contributed by atoms with Gasteiger partial charge in [-0.1, -0.05) is 0 Å². The van der Waals surface area contributed by atoms with Crippen molar-refractivity contribution in [3.05, 3.63) is 0 Å². The molecule has 0 heterocycles. The van der Waals surface area contributed by atoms with Crippen LogP contribution >= 0.6 is 0 Å². The Kier molecular flexibility index (Phi) is 169. The second-order valence-corrected chi connectivity index (χ2v) is 0. The Balaban J connectivity index is 0. The summed E-state index contributed by atoms with van der Waals surface area (Å²) >= 11 is 0. The molecule has 0 amide bonds. The average Bonchev–Trinajstić information content (AvgIpc) is 0. The van der Waals surface area contributed by atoms with Crippen LogP contribution in [0.1, 0.15) is 5.71 Å². The standard InChI is InChI=1S/Ba.Bi.Ca.Cu.O.4H/q+2;;2*+2;-2;4*-1. The van der Waals surface area contributed by atoms with Gasteiger partial charge >= 0.3 is 104 Å². The topological polar surface area (TPSA) is 28.5 Å². The zero-order chi connectivity index (χ0) is 0. The van der Waals surface area contributed by atoms with E-state index in [4.69, 9.17) is 0 Å². The first kappa shape index (κ1) is 35.1. The van der Waals surface area contributed by atoms with E-state index < -0.39 is 0 Å². The molecule has 0 saturated carbocycles. The van der Waals surface area contributed by atoms with Gasteiger partial charge in [-0.2, -0.15) is 0 Å². The minimum Gasteiger partial charge on any atom is -2.00 e. The van der Waals surface area contributed by atoms with Crippen LogP contribution in [0.25, 0.3) is 0 Å². The van der Waals surface area contributed by atoms with Gasteiger partial charge in [-0.3, -0.25) is 0 Å². The summed E-state index contributed by atoms with van der Waals surface area (Å²) < 4.78 is 0. The molecule has 0 unspecified atom stereocenters. The molecule has 1 nitrogen and oxygen atoms in total. The van der Waals surface area contributed by atoms with E-state index in [0.29, 0.717) is 0 Å². The van der Waals surface area contributed by atoms with E-state index >= 15 is 0 Å². The van der Waals surface area contributed by atoms with Crippen LogP contribution in [0.3, 0.4) is 0 Å². The first-order valence-electron chi connectivity index (χ1n) is 0. The summed E-state index contributed by atoms with van der Waals surface area (Å²) in [4.78, 5) is 0. The van der Waals surface area contributed by atoms with Crippen molar-refractivity contribution in [3.63, 3.8) is 0 Å². The smallest absolute Gasteiger partial charge is 2.00 e. The predicted molar refractivity (Wildman–Crippen MR) is 22.4 cm³/mol. The summed E-state index contributed by atoms with van der Waals surface area (Å²) in [6.07, 6.45) is 0. The number of hydrogen-bond donors (Lipinski definition) is 0. The third-order valence-electron chi connectivity index (χ3n) is 0. The Labute approximate surface area is 137 Å². The number of rotatable bonds is 0. The maximum Gasteiger partial charge on any atom is 2.00 e. The van der Waals surface area contributed by atoms with Crippen molar-refractivity contribution in [1.82, 2.24) is 0 Å². The minimum absolute atomic E-state index is 0. The molecule has 0 spiro atoms. The van der Waals surface area contributed by atoms with Gasteiger partial charge in [0.2, 0.25) is 0 Å². The molecule has 0 rings (SSSR count). The molecule has 0 atom stereocenters. The van der Waals surface area contributed by atoms with E-state index in [2.05, 4.69) is 0 Å². The van der Waals surface area contributed by atoms with Crippen molar-refractivity contribution in [2.24, 2.45) is 0 Å². The summed E-state index contributed by atoms with van der Waals surface area (Å²) in [5.74, 6) is 0. The molecule has 0 aliphatic carbocycles. The molecule has 5 heteroatoms. The Morgan fingerprint density at radius 2 is 1.20 bits per heavy atom. The molecule has 0 aliphatic rings. The normalized spacial score (nSPS) is 0. The van der Waals surface area contributed by atoms with Crippen LogP contribution in [-0.4, -0.2) is 113 Å². The second kappa shape index (κ2) is 24.1. The van der Waals surface area contributed by atoms with Gasteiger partial charge in [0.1, 0.15) is 0 Å². The minimum atomic E-state index is 0. The molecule has 0 aliphatic heterocycles. The summed E-state index contributed by atoms with van der Waals surface area (Å²) in [6.45, 7) is 0. The second-order valence-electron chi connectivity index (χ2n) is 0. The van der Waals surface area contributed by atoms with E-state index in [1.54, 1.807) is 0 Å².